The number of carbonyl (C=O) groups is 1. The number of nitrogens with zero attached hydrogens (tertiary/aromatic N) is 4. The van der Waals surface area contributed by atoms with Gasteiger partial charge in [-0.3, -0.25) is 9.69 Å². The Morgan fingerprint density at radius 1 is 1.21 bits per heavy atom. The van der Waals surface area contributed by atoms with Crippen molar-refractivity contribution in [3.05, 3.63) is 29.8 Å². The summed E-state index contributed by atoms with van der Waals surface area (Å²) in [5, 5.41) is 11.7. The Morgan fingerprint density at radius 3 is 2.55 bits per heavy atom. The van der Waals surface area contributed by atoms with Crippen molar-refractivity contribution in [1.82, 2.24) is 13.5 Å². The topological polar surface area (TPSA) is 96.8 Å². The van der Waals surface area contributed by atoms with Gasteiger partial charge in [0.1, 0.15) is 0 Å². The summed E-state index contributed by atoms with van der Waals surface area (Å²) in [5.74, 6) is -0.171. The fourth-order valence-corrected chi connectivity index (χ4v) is 5.58. The molecule has 1 saturated heterocycles. The van der Waals surface area contributed by atoms with Crippen LogP contribution in [0.2, 0.25) is 0 Å². The molecule has 1 aliphatic heterocycles. The molecule has 9 heteroatoms. The van der Waals surface area contributed by atoms with Crippen molar-refractivity contribution in [3.8, 4) is 6.07 Å². The minimum Gasteiger partial charge on any atom is -0.325 e. The number of anilines is 1. The zero-order chi connectivity index (χ0) is 20.9. The second-order valence-corrected chi connectivity index (χ2v) is 9.72. The number of hydrogen-bond acceptors (Lipinski definition) is 5. The van der Waals surface area contributed by atoms with Gasteiger partial charge >= 0.3 is 0 Å². The average Bonchev–Trinajstić information content (AvgIpc) is 2.74. The highest BCUT2D eigenvalue weighted by Gasteiger charge is 2.34. The van der Waals surface area contributed by atoms with Crippen molar-refractivity contribution >= 4 is 21.8 Å². The Bertz CT molecular complexity index is 853. The molecule has 2 fully saturated rings. The third kappa shape index (κ3) is 5.54. The minimum absolute atomic E-state index is 0.0988. The molecule has 0 radical (unpaired) electrons. The first-order valence-electron chi connectivity index (χ1n) is 10.2. The van der Waals surface area contributed by atoms with Gasteiger partial charge in [0.05, 0.1) is 18.2 Å². The highest BCUT2D eigenvalue weighted by molar-refractivity contribution is 7.86. The van der Waals surface area contributed by atoms with Crippen molar-refractivity contribution in [3.63, 3.8) is 0 Å². The molecule has 0 unspecified atom stereocenters. The highest BCUT2D eigenvalue weighted by atomic mass is 32.2. The number of benzene rings is 1. The van der Waals surface area contributed by atoms with Gasteiger partial charge in [-0.15, -0.1) is 0 Å². The van der Waals surface area contributed by atoms with Gasteiger partial charge in [0.25, 0.3) is 10.2 Å². The summed E-state index contributed by atoms with van der Waals surface area (Å²) in [4.78, 5) is 14.3. The summed E-state index contributed by atoms with van der Waals surface area (Å²) in [6.45, 7) is 2.00. The third-order valence-corrected chi connectivity index (χ3v) is 7.80. The Hall–Kier alpha value is -1.99. The molecule has 1 aliphatic carbocycles. The molecule has 1 aromatic rings. The van der Waals surface area contributed by atoms with Crippen LogP contribution in [-0.2, 0) is 15.0 Å². The van der Waals surface area contributed by atoms with Crippen LogP contribution in [0.1, 0.15) is 37.7 Å². The second-order valence-electron chi connectivity index (χ2n) is 7.73. The number of carbonyl (C=O) groups excluding carboxylic acids is 1. The molecule has 1 N–H and O–H groups in total. The maximum atomic E-state index is 12.9. The van der Waals surface area contributed by atoms with Crippen LogP contribution in [0.15, 0.2) is 24.3 Å². The summed E-state index contributed by atoms with van der Waals surface area (Å²) in [5.41, 5.74) is 1.08. The van der Waals surface area contributed by atoms with Crippen LogP contribution in [0.4, 0.5) is 5.69 Å². The van der Waals surface area contributed by atoms with Crippen molar-refractivity contribution < 1.29 is 13.2 Å². The predicted octanol–water partition coefficient (Wildman–Crippen LogP) is 1.62. The van der Waals surface area contributed by atoms with Gasteiger partial charge in [-0.25, -0.2) is 0 Å². The van der Waals surface area contributed by atoms with E-state index >= 15 is 0 Å². The lowest BCUT2D eigenvalue weighted by atomic mass is 9.96. The van der Waals surface area contributed by atoms with Crippen LogP contribution in [0.3, 0.4) is 0 Å². The molecule has 0 atom stereocenters. The molecule has 0 bridgehead atoms. The lowest BCUT2D eigenvalue weighted by Gasteiger charge is -2.38. The number of amides is 1. The Kier molecular flexibility index (Phi) is 7.24. The standard InChI is InChI=1S/C20H29N5O3S/c1-23(19-8-3-2-4-9-19)29(27,28)25-12-10-24(11-13-25)16-20(26)22-18-7-5-6-17(14-18)15-21/h5-7,14,19H,2-4,8-13,16H2,1H3,(H,22,26). The van der Waals surface area contributed by atoms with Crippen molar-refractivity contribution in [2.75, 3.05) is 45.1 Å². The van der Waals surface area contributed by atoms with E-state index in [-0.39, 0.29) is 18.5 Å². The first kappa shape index (κ1) is 21.7. The molecule has 1 heterocycles. The molecule has 1 saturated carbocycles. The van der Waals surface area contributed by atoms with Crippen LogP contribution in [0.25, 0.3) is 0 Å². The number of rotatable bonds is 6. The second kappa shape index (κ2) is 9.67. The van der Waals surface area contributed by atoms with E-state index in [2.05, 4.69) is 5.32 Å². The number of nitriles is 1. The van der Waals surface area contributed by atoms with E-state index in [4.69, 9.17) is 5.26 Å². The van der Waals surface area contributed by atoms with Gasteiger partial charge in [0.2, 0.25) is 5.91 Å². The smallest absolute Gasteiger partial charge is 0.282 e. The van der Waals surface area contributed by atoms with Crippen LogP contribution in [0, 0.1) is 11.3 Å². The lowest BCUT2D eigenvalue weighted by molar-refractivity contribution is -0.117. The maximum Gasteiger partial charge on any atom is 0.282 e. The monoisotopic (exact) mass is 419 g/mol. The number of nitrogens with one attached hydrogen (secondary N) is 1. The Morgan fingerprint density at radius 2 is 1.90 bits per heavy atom. The molecule has 8 nitrogen and oxygen atoms in total. The Labute approximate surface area is 173 Å². The van der Waals surface area contributed by atoms with Crippen LogP contribution in [-0.4, -0.2) is 73.6 Å². The summed E-state index contributed by atoms with van der Waals surface area (Å²) in [6.07, 6.45) is 5.23. The van der Waals surface area contributed by atoms with E-state index in [9.17, 15) is 13.2 Å². The van der Waals surface area contributed by atoms with Gasteiger partial charge in [-0.1, -0.05) is 25.3 Å². The first-order valence-corrected chi connectivity index (χ1v) is 11.6. The van der Waals surface area contributed by atoms with Crippen molar-refractivity contribution in [2.24, 2.45) is 0 Å². The summed E-state index contributed by atoms with van der Waals surface area (Å²) < 4.78 is 29.0. The zero-order valence-corrected chi connectivity index (χ0v) is 17.7. The first-order chi connectivity index (χ1) is 13.9. The average molecular weight is 420 g/mol. The van der Waals surface area contributed by atoms with Gasteiger partial charge in [-0.2, -0.15) is 22.3 Å². The van der Waals surface area contributed by atoms with E-state index in [1.165, 1.54) is 10.7 Å². The maximum absolute atomic E-state index is 12.9. The molecule has 0 spiro atoms. The Balaban J connectivity index is 1.49. The fourth-order valence-electron chi connectivity index (χ4n) is 4.00. The molecule has 1 aromatic carbocycles. The quantitative estimate of drug-likeness (QED) is 0.756. The summed E-state index contributed by atoms with van der Waals surface area (Å²) in [7, 11) is -1.77. The van der Waals surface area contributed by atoms with Crippen molar-refractivity contribution in [2.45, 2.75) is 38.1 Å². The molecule has 158 valence electrons. The van der Waals surface area contributed by atoms with E-state index in [1.807, 2.05) is 11.0 Å². The van der Waals surface area contributed by atoms with E-state index in [0.717, 1.165) is 25.7 Å². The van der Waals surface area contributed by atoms with Gasteiger partial charge in [-0.05, 0) is 31.0 Å². The van der Waals surface area contributed by atoms with Gasteiger partial charge in [0, 0.05) is 45.0 Å². The number of hydrogen-bond donors (Lipinski definition) is 1. The fraction of sp³-hybridized carbons (Fsp3) is 0.600. The van der Waals surface area contributed by atoms with Crippen LogP contribution in [0.5, 0.6) is 0 Å². The minimum atomic E-state index is -3.46. The van der Waals surface area contributed by atoms with Crippen LogP contribution < -0.4 is 5.32 Å². The van der Waals surface area contributed by atoms with E-state index in [1.54, 1.807) is 35.6 Å². The lowest BCUT2D eigenvalue weighted by Crippen LogP contribution is -2.55. The molecular formula is C20H29N5O3S. The molecule has 29 heavy (non-hydrogen) atoms. The summed E-state index contributed by atoms with van der Waals surface area (Å²) in [6, 6.07) is 8.92. The normalized spacial score (nSPS) is 19.8. The molecule has 1 amide bonds. The van der Waals surface area contributed by atoms with Crippen LogP contribution >= 0.6 is 0 Å². The largest absolute Gasteiger partial charge is 0.325 e. The summed E-state index contributed by atoms with van der Waals surface area (Å²) >= 11 is 0. The van der Waals surface area contributed by atoms with Crippen molar-refractivity contribution in [1.29, 1.82) is 5.26 Å². The molecule has 0 aromatic heterocycles. The number of piperazine rings is 1. The molecule has 3 rings (SSSR count). The highest BCUT2D eigenvalue weighted by Crippen LogP contribution is 2.25. The predicted molar refractivity (Wildman–Crippen MR) is 111 cm³/mol. The van der Waals surface area contributed by atoms with E-state index < -0.39 is 10.2 Å². The zero-order valence-electron chi connectivity index (χ0n) is 16.9. The molecular weight excluding hydrogens is 390 g/mol. The third-order valence-electron chi connectivity index (χ3n) is 5.75. The molecule has 2 aliphatic rings. The SMILES string of the molecule is CN(C1CCCCC1)S(=O)(=O)N1CCN(CC(=O)Nc2cccc(C#N)c2)CC1. The van der Waals surface area contributed by atoms with E-state index in [0.29, 0.717) is 37.4 Å². The van der Waals surface area contributed by atoms with Gasteiger partial charge in [0.15, 0.2) is 0 Å². The van der Waals surface area contributed by atoms with Gasteiger partial charge < -0.3 is 5.32 Å².